The summed E-state index contributed by atoms with van der Waals surface area (Å²) in [4.78, 5) is 25.3. The number of nitrogens with zero attached hydrogens (tertiary/aromatic N) is 3. The highest BCUT2D eigenvalue weighted by atomic mass is 35.5. The summed E-state index contributed by atoms with van der Waals surface area (Å²) in [6.07, 6.45) is 1.72. The number of hydrogen-bond donors (Lipinski definition) is 0. The SMILES string of the molecule is Cn1c(=O)c2c(-c3ccccc3F)n(Cc3ccc(Cl)cc3)cc2n(C)c1=O. The van der Waals surface area contributed by atoms with Gasteiger partial charge in [-0.25, -0.2) is 9.18 Å². The van der Waals surface area contributed by atoms with Crippen molar-refractivity contribution in [3.63, 3.8) is 0 Å². The van der Waals surface area contributed by atoms with Crippen LogP contribution in [0.1, 0.15) is 5.56 Å². The van der Waals surface area contributed by atoms with Crippen LogP contribution in [-0.2, 0) is 20.6 Å². The molecule has 0 spiro atoms. The maximum atomic E-state index is 14.7. The Morgan fingerprint density at radius 2 is 1.64 bits per heavy atom. The Bertz CT molecular complexity index is 1320. The van der Waals surface area contributed by atoms with E-state index in [2.05, 4.69) is 0 Å². The summed E-state index contributed by atoms with van der Waals surface area (Å²) in [6.45, 7) is 0.396. The molecule has 0 amide bonds. The van der Waals surface area contributed by atoms with Crippen molar-refractivity contribution in [1.82, 2.24) is 13.7 Å². The predicted molar refractivity (Wildman–Crippen MR) is 108 cm³/mol. The molecule has 2 heterocycles. The maximum Gasteiger partial charge on any atom is 0.330 e. The molecule has 4 aromatic rings. The summed E-state index contributed by atoms with van der Waals surface area (Å²) in [7, 11) is 3.02. The number of benzene rings is 2. The first-order valence-corrected chi connectivity index (χ1v) is 9.04. The van der Waals surface area contributed by atoms with Gasteiger partial charge < -0.3 is 4.57 Å². The van der Waals surface area contributed by atoms with Gasteiger partial charge in [-0.15, -0.1) is 0 Å². The van der Waals surface area contributed by atoms with Crippen LogP contribution >= 0.6 is 11.6 Å². The average Bonchev–Trinajstić information content (AvgIpc) is 3.06. The normalized spacial score (nSPS) is 11.3. The molecule has 0 unspecified atom stereocenters. The predicted octanol–water partition coefficient (Wildman–Crippen LogP) is 3.55. The van der Waals surface area contributed by atoms with E-state index in [-0.39, 0.29) is 0 Å². The summed E-state index contributed by atoms with van der Waals surface area (Å²) in [5.41, 5.74) is 1.26. The lowest BCUT2D eigenvalue weighted by atomic mass is 10.1. The van der Waals surface area contributed by atoms with E-state index in [0.29, 0.717) is 33.7 Å². The lowest BCUT2D eigenvalue weighted by molar-refractivity contribution is 0.629. The van der Waals surface area contributed by atoms with Gasteiger partial charge in [-0.05, 0) is 29.8 Å². The number of aryl methyl sites for hydroxylation is 1. The van der Waals surface area contributed by atoms with Gasteiger partial charge in [0.1, 0.15) is 5.82 Å². The van der Waals surface area contributed by atoms with Gasteiger partial charge in [-0.2, -0.15) is 0 Å². The molecule has 0 saturated carbocycles. The Hall–Kier alpha value is -3.12. The van der Waals surface area contributed by atoms with Crippen molar-refractivity contribution in [2.24, 2.45) is 14.1 Å². The topological polar surface area (TPSA) is 48.9 Å². The second-order valence-corrected chi connectivity index (χ2v) is 7.11. The molecule has 0 aliphatic carbocycles. The van der Waals surface area contributed by atoms with Gasteiger partial charge in [0.05, 0.1) is 16.6 Å². The molecule has 0 N–H and O–H groups in total. The molecule has 5 nitrogen and oxygen atoms in total. The molecule has 142 valence electrons. The third kappa shape index (κ3) is 2.86. The van der Waals surface area contributed by atoms with Crippen LogP contribution in [0.3, 0.4) is 0 Å². The highest BCUT2D eigenvalue weighted by Gasteiger charge is 2.21. The summed E-state index contributed by atoms with van der Waals surface area (Å²) in [5, 5.41) is 0.927. The van der Waals surface area contributed by atoms with Crippen LogP contribution in [0.4, 0.5) is 4.39 Å². The fourth-order valence-corrected chi connectivity index (χ4v) is 3.57. The molecule has 2 aromatic heterocycles. The highest BCUT2D eigenvalue weighted by Crippen LogP contribution is 2.30. The van der Waals surface area contributed by atoms with Crippen LogP contribution in [-0.4, -0.2) is 13.7 Å². The van der Waals surface area contributed by atoms with Crippen LogP contribution in [0.2, 0.25) is 5.02 Å². The van der Waals surface area contributed by atoms with E-state index in [1.165, 1.54) is 17.7 Å². The fourth-order valence-electron chi connectivity index (χ4n) is 3.44. The van der Waals surface area contributed by atoms with Gasteiger partial charge in [-0.1, -0.05) is 35.9 Å². The largest absolute Gasteiger partial charge is 0.340 e. The van der Waals surface area contributed by atoms with Crippen LogP contribution in [0.5, 0.6) is 0 Å². The summed E-state index contributed by atoms with van der Waals surface area (Å²) in [6, 6.07) is 13.6. The van der Waals surface area contributed by atoms with Crippen molar-refractivity contribution in [2.45, 2.75) is 6.54 Å². The van der Waals surface area contributed by atoms with Crippen molar-refractivity contribution in [3.8, 4) is 11.3 Å². The van der Waals surface area contributed by atoms with Crippen molar-refractivity contribution in [2.75, 3.05) is 0 Å². The summed E-state index contributed by atoms with van der Waals surface area (Å²) < 4.78 is 18.9. The monoisotopic (exact) mass is 397 g/mol. The highest BCUT2D eigenvalue weighted by molar-refractivity contribution is 6.30. The number of fused-ring (bicyclic) bond motifs is 1. The molecule has 7 heteroatoms. The lowest BCUT2D eigenvalue weighted by Gasteiger charge is -2.11. The first kappa shape index (κ1) is 18.3. The molecular weight excluding hydrogens is 381 g/mol. The van der Waals surface area contributed by atoms with Crippen LogP contribution < -0.4 is 11.2 Å². The van der Waals surface area contributed by atoms with E-state index in [0.717, 1.165) is 10.1 Å². The van der Waals surface area contributed by atoms with E-state index in [9.17, 15) is 14.0 Å². The minimum atomic E-state index is -0.453. The number of hydrogen-bond acceptors (Lipinski definition) is 2. The molecular formula is C21H17ClFN3O2. The molecule has 2 aromatic carbocycles. The van der Waals surface area contributed by atoms with Gasteiger partial charge in [-0.3, -0.25) is 13.9 Å². The number of aromatic nitrogens is 3. The minimum absolute atomic E-state index is 0.308. The quantitative estimate of drug-likeness (QED) is 0.531. The first-order chi connectivity index (χ1) is 13.4. The van der Waals surface area contributed by atoms with Gasteiger partial charge in [0.2, 0.25) is 0 Å². The molecule has 0 bridgehead atoms. The average molecular weight is 398 g/mol. The van der Waals surface area contributed by atoms with Crippen molar-refractivity contribution in [1.29, 1.82) is 0 Å². The number of halogens is 2. The Balaban J connectivity index is 2.08. The van der Waals surface area contributed by atoms with Crippen molar-refractivity contribution >= 4 is 22.5 Å². The standard InChI is InChI=1S/C21H17ClFN3O2/c1-24-17-12-26(11-13-7-9-14(22)10-8-13)19(15-5-3-4-6-16(15)23)18(17)20(27)25(2)21(24)28/h3-10,12H,11H2,1-2H3. The molecule has 0 fully saturated rings. The van der Waals surface area contributed by atoms with Crippen molar-refractivity contribution in [3.05, 3.63) is 92.0 Å². The second kappa shape index (κ2) is 6.80. The molecule has 0 aliphatic rings. The molecule has 4 rings (SSSR count). The van der Waals surface area contributed by atoms with E-state index in [1.807, 2.05) is 12.1 Å². The second-order valence-electron chi connectivity index (χ2n) is 6.68. The Kier molecular flexibility index (Phi) is 4.43. The zero-order valence-electron chi connectivity index (χ0n) is 15.3. The number of rotatable bonds is 3. The van der Waals surface area contributed by atoms with Gasteiger partial charge in [0, 0.05) is 37.4 Å². The summed E-state index contributed by atoms with van der Waals surface area (Å²) >= 11 is 5.96. The molecule has 0 atom stereocenters. The molecule has 28 heavy (non-hydrogen) atoms. The third-order valence-corrected chi connectivity index (χ3v) is 5.16. The zero-order valence-corrected chi connectivity index (χ0v) is 16.1. The Morgan fingerprint density at radius 3 is 2.32 bits per heavy atom. The first-order valence-electron chi connectivity index (χ1n) is 8.66. The molecule has 0 radical (unpaired) electrons. The fraction of sp³-hybridized carbons (Fsp3) is 0.143. The smallest absolute Gasteiger partial charge is 0.330 e. The third-order valence-electron chi connectivity index (χ3n) is 4.91. The maximum absolute atomic E-state index is 14.7. The van der Waals surface area contributed by atoms with Crippen LogP contribution in [0.15, 0.2) is 64.3 Å². The van der Waals surface area contributed by atoms with Crippen LogP contribution in [0, 0.1) is 5.82 Å². The van der Waals surface area contributed by atoms with E-state index >= 15 is 0 Å². The van der Waals surface area contributed by atoms with Crippen LogP contribution in [0.25, 0.3) is 22.2 Å². The molecule has 0 saturated heterocycles. The Labute approximate surface area is 164 Å². The molecule has 0 aliphatic heterocycles. The van der Waals surface area contributed by atoms with E-state index in [1.54, 1.807) is 48.1 Å². The minimum Gasteiger partial charge on any atom is -0.340 e. The van der Waals surface area contributed by atoms with E-state index < -0.39 is 17.1 Å². The zero-order chi connectivity index (χ0) is 20.0. The summed E-state index contributed by atoms with van der Waals surface area (Å²) in [5.74, 6) is -0.434. The van der Waals surface area contributed by atoms with E-state index in [4.69, 9.17) is 11.6 Å². The van der Waals surface area contributed by atoms with Gasteiger partial charge in [0.25, 0.3) is 5.56 Å². The van der Waals surface area contributed by atoms with Gasteiger partial charge in [0.15, 0.2) is 0 Å². The lowest BCUT2D eigenvalue weighted by Crippen LogP contribution is -2.36. The van der Waals surface area contributed by atoms with Gasteiger partial charge >= 0.3 is 5.69 Å². The Morgan fingerprint density at radius 1 is 0.964 bits per heavy atom. The van der Waals surface area contributed by atoms with Crippen molar-refractivity contribution < 1.29 is 4.39 Å².